The second-order valence-electron chi connectivity index (χ2n) is 3.90. The van der Waals surface area contributed by atoms with E-state index >= 15 is 0 Å². The summed E-state index contributed by atoms with van der Waals surface area (Å²) in [5.41, 5.74) is 1.45. The minimum atomic E-state index is -0.391. The molecule has 0 aliphatic rings. The van der Waals surface area contributed by atoms with Crippen LogP contribution in [-0.2, 0) is 11.3 Å². The van der Waals surface area contributed by atoms with E-state index in [4.69, 9.17) is 16.3 Å². The number of hydrogen-bond donors (Lipinski definition) is 0. The predicted molar refractivity (Wildman–Crippen MR) is 68.9 cm³/mol. The number of esters is 1. The largest absolute Gasteiger partial charge is 0.464 e. The van der Waals surface area contributed by atoms with E-state index in [-0.39, 0.29) is 0 Å². The summed E-state index contributed by atoms with van der Waals surface area (Å²) in [6.45, 7) is 2.38. The highest BCUT2D eigenvalue weighted by Gasteiger charge is 2.14. The van der Waals surface area contributed by atoms with E-state index in [0.29, 0.717) is 17.3 Å². The summed E-state index contributed by atoms with van der Waals surface area (Å²) < 4.78 is 6.53. The number of carbonyl (C=O) groups excluding carboxylic acids is 1. The maximum atomic E-state index is 11.6. The maximum absolute atomic E-state index is 11.6. The van der Waals surface area contributed by atoms with Crippen molar-refractivity contribution in [1.82, 2.24) is 9.55 Å². The van der Waals surface area contributed by atoms with Gasteiger partial charge >= 0.3 is 5.97 Å². The average Bonchev–Trinajstić information content (AvgIpc) is 2.70. The van der Waals surface area contributed by atoms with Crippen LogP contribution in [-0.4, -0.2) is 22.6 Å². The number of carbonyl (C=O) groups is 1. The Balaban J connectivity index is 2.34. The molecule has 2 rings (SSSR count). The number of methoxy groups -OCH3 is 1. The fourth-order valence-electron chi connectivity index (χ4n) is 1.75. The first-order valence-electron chi connectivity index (χ1n) is 5.46. The maximum Gasteiger partial charge on any atom is 0.356 e. The highest BCUT2D eigenvalue weighted by atomic mass is 35.5. The lowest BCUT2D eigenvalue weighted by Gasteiger charge is -2.09. The highest BCUT2D eigenvalue weighted by Crippen LogP contribution is 2.14. The first kappa shape index (κ1) is 12.6. The van der Waals surface area contributed by atoms with Gasteiger partial charge in [-0.2, -0.15) is 0 Å². The second-order valence-corrected chi connectivity index (χ2v) is 4.33. The first-order chi connectivity index (χ1) is 8.61. The molecule has 4 nitrogen and oxygen atoms in total. The van der Waals surface area contributed by atoms with E-state index in [1.807, 2.05) is 31.2 Å². The quantitative estimate of drug-likeness (QED) is 0.801. The molecule has 0 aliphatic heterocycles. The molecule has 0 unspecified atom stereocenters. The number of rotatable bonds is 3. The minimum Gasteiger partial charge on any atom is -0.464 e. The summed E-state index contributed by atoms with van der Waals surface area (Å²) in [5, 5.41) is 0.671. The molecule has 1 heterocycles. The van der Waals surface area contributed by atoms with Crippen molar-refractivity contribution in [2.45, 2.75) is 13.5 Å². The van der Waals surface area contributed by atoms with Crippen LogP contribution in [0.2, 0.25) is 5.02 Å². The van der Waals surface area contributed by atoms with Gasteiger partial charge < -0.3 is 9.30 Å². The van der Waals surface area contributed by atoms with Gasteiger partial charge in [-0.15, -0.1) is 0 Å². The lowest BCUT2D eigenvalue weighted by atomic mass is 10.2. The molecule has 5 heteroatoms. The molecule has 0 N–H and O–H groups in total. The Hall–Kier alpha value is -1.81. The minimum absolute atomic E-state index is 0.391. The Morgan fingerprint density at radius 1 is 1.50 bits per heavy atom. The zero-order valence-corrected chi connectivity index (χ0v) is 10.9. The number of aromatic nitrogens is 2. The topological polar surface area (TPSA) is 44.1 Å². The van der Waals surface area contributed by atoms with E-state index in [9.17, 15) is 4.79 Å². The number of imidazole rings is 1. The van der Waals surface area contributed by atoms with E-state index in [1.165, 1.54) is 13.3 Å². The molecule has 94 valence electrons. The molecule has 0 amide bonds. The van der Waals surface area contributed by atoms with E-state index in [1.54, 1.807) is 4.57 Å². The van der Waals surface area contributed by atoms with Crippen LogP contribution in [0.3, 0.4) is 0 Å². The van der Waals surface area contributed by atoms with Gasteiger partial charge in [-0.1, -0.05) is 23.7 Å². The zero-order valence-electron chi connectivity index (χ0n) is 10.2. The van der Waals surface area contributed by atoms with E-state index < -0.39 is 5.97 Å². The smallest absolute Gasteiger partial charge is 0.356 e. The van der Waals surface area contributed by atoms with Crippen LogP contribution in [0.4, 0.5) is 0 Å². The lowest BCUT2D eigenvalue weighted by molar-refractivity contribution is 0.0588. The van der Waals surface area contributed by atoms with Crippen LogP contribution < -0.4 is 0 Å². The fourth-order valence-corrected chi connectivity index (χ4v) is 1.97. The van der Waals surface area contributed by atoms with Crippen molar-refractivity contribution in [3.8, 4) is 0 Å². The molecular formula is C13H13ClN2O2. The van der Waals surface area contributed by atoms with Crippen molar-refractivity contribution in [2.24, 2.45) is 0 Å². The fraction of sp³-hybridized carbons (Fsp3) is 0.231. The third kappa shape index (κ3) is 2.54. The summed E-state index contributed by atoms with van der Waals surface area (Å²) in [4.78, 5) is 15.7. The number of nitrogens with zero attached hydrogens (tertiary/aromatic N) is 2. The van der Waals surface area contributed by atoms with Crippen molar-refractivity contribution >= 4 is 17.6 Å². The van der Waals surface area contributed by atoms with Gasteiger partial charge in [0, 0.05) is 11.6 Å². The van der Waals surface area contributed by atoms with Gasteiger partial charge in [0.25, 0.3) is 0 Å². The van der Waals surface area contributed by atoms with Gasteiger partial charge in [-0.05, 0) is 24.6 Å². The van der Waals surface area contributed by atoms with Crippen LogP contribution in [0.1, 0.15) is 21.9 Å². The molecule has 1 aromatic heterocycles. The molecule has 0 aliphatic carbocycles. The summed E-state index contributed by atoms with van der Waals surface area (Å²) in [5.74, 6) is 0.369. The van der Waals surface area contributed by atoms with Crippen molar-refractivity contribution in [3.05, 3.63) is 52.6 Å². The Bertz CT molecular complexity index is 578. The normalized spacial score (nSPS) is 10.4. The van der Waals surface area contributed by atoms with Gasteiger partial charge in [-0.3, -0.25) is 0 Å². The van der Waals surface area contributed by atoms with Crippen molar-refractivity contribution in [3.63, 3.8) is 0 Å². The number of halogens is 1. The number of aryl methyl sites for hydroxylation is 1. The Labute approximate surface area is 110 Å². The Kier molecular flexibility index (Phi) is 3.67. The van der Waals surface area contributed by atoms with Gasteiger partial charge in [0.15, 0.2) is 0 Å². The van der Waals surface area contributed by atoms with Crippen LogP contribution in [0.25, 0.3) is 0 Å². The number of ether oxygens (including phenoxy) is 1. The van der Waals surface area contributed by atoms with Gasteiger partial charge in [0.2, 0.25) is 0 Å². The molecule has 0 radical (unpaired) electrons. The molecular weight excluding hydrogens is 252 g/mol. The van der Waals surface area contributed by atoms with Crippen molar-refractivity contribution in [2.75, 3.05) is 7.11 Å². The molecule has 0 bridgehead atoms. The first-order valence-corrected chi connectivity index (χ1v) is 5.84. The molecule has 0 atom stereocenters. The standard InChI is InChI=1S/C13H13ClN2O2/c1-9-15-7-12(13(17)18-2)16(9)8-10-4-3-5-11(14)6-10/h3-7H,8H2,1-2H3. The van der Waals surface area contributed by atoms with E-state index in [2.05, 4.69) is 4.98 Å². The SMILES string of the molecule is COC(=O)c1cnc(C)n1Cc1cccc(Cl)c1. The number of benzene rings is 1. The molecule has 0 spiro atoms. The summed E-state index contributed by atoms with van der Waals surface area (Å²) in [6.07, 6.45) is 1.52. The van der Waals surface area contributed by atoms with Gasteiger partial charge in [0.1, 0.15) is 11.5 Å². The Morgan fingerprint density at radius 3 is 2.94 bits per heavy atom. The van der Waals surface area contributed by atoms with Crippen LogP contribution >= 0.6 is 11.6 Å². The lowest BCUT2D eigenvalue weighted by Crippen LogP contribution is -2.12. The number of hydrogen-bond acceptors (Lipinski definition) is 3. The van der Waals surface area contributed by atoms with Crippen LogP contribution in [0.15, 0.2) is 30.5 Å². The average molecular weight is 265 g/mol. The molecule has 0 fully saturated rings. The van der Waals surface area contributed by atoms with E-state index in [0.717, 1.165) is 11.4 Å². The van der Waals surface area contributed by atoms with Crippen LogP contribution in [0, 0.1) is 6.92 Å². The summed E-state index contributed by atoms with van der Waals surface area (Å²) in [7, 11) is 1.36. The van der Waals surface area contributed by atoms with Crippen molar-refractivity contribution < 1.29 is 9.53 Å². The third-order valence-corrected chi connectivity index (χ3v) is 2.91. The summed E-state index contributed by atoms with van der Waals surface area (Å²) in [6, 6.07) is 7.50. The zero-order chi connectivity index (χ0) is 13.1. The van der Waals surface area contributed by atoms with Crippen molar-refractivity contribution in [1.29, 1.82) is 0 Å². The molecule has 18 heavy (non-hydrogen) atoms. The molecule has 0 saturated carbocycles. The van der Waals surface area contributed by atoms with Gasteiger partial charge in [-0.25, -0.2) is 9.78 Å². The third-order valence-electron chi connectivity index (χ3n) is 2.68. The van der Waals surface area contributed by atoms with Crippen LogP contribution in [0.5, 0.6) is 0 Å². The predicted octanol–water partition coefficient (Wildman–Crippen LogP) is 2.68. The summed E-state index contributed by atoms with van der Waals surface area (Å²) >= 11 is 5.94. The molecule has 1 aromatic carbocycles. The second kappa shape index (κ2) is 5.23. The monoisotopic (exact) mass is 264 g/mol. The highest BCUT2D eigenvalue weighted by molar-refractivity contribution is 6.30. The molecule has 0 saturated heterocycles. The van der Waals surface area contributed by atoms with Gasteiger partial charge in [0.05, 0.1) is 13.3 Å². The molecule has 2 aromatic rings. The Morgan fingerprint density at radius 2 is 2.28 bits per heavy atom.